The van der Waals surface area contributed by atoms with Crippen LogP contribution in [0.5, 0.6) is 11.5 Å². The molecule has 9 heteroatoms. The molecule has 2 atom stereocenters. The Labute approximate surface area is 218 Å². The van der Waals surface area contributed by atoms with Crippen LogP contribution in [0.15, 0.2) is 64.1 Å². The van der Waals surface area contributed by atoms with Gasteiger partial charge in [-0.05, 0) is 57.5 Å². The second-order valence-electron chi connectivity index (χ2n) is 8.55. The normalized spacial score (nSPS) is 17.4. The van der Waals surface area contributed by atoms with E-state index in [0.717, 1.165) is 16.1 Å². The number of phenolic OH excluding ortho intramolecular Hbond substituents is 2. The SMILES string of the molecule is CCOC(=O)C1=C(C)N=C(C)C(C(=O)OCC)C1c1cccc(-c2nc(-c3ccc(O)c(O)c3)cs2)c1. The summed E-state index contributed by atoms with van der Waals surface area (Å²) in [6, 6.07) is 12.1. The first-order valence-electron chi connectivity index (χ1n) is 11.9. The van der Waals surface area contributed by atoms with Gasteiger partial charge in [0.05, 0.1) is 24.5 Å². The van der Waals surface area contributed by atoms with Crippen molar-refractivity contribution < 1.29 is 29.3 Å². The van der Waals surface area contributed by atoms with Gasteiger partial charge in [-0.1, -0.05) is 18.2 Å². The molecule has 37 heavy (non-hydrogen) atoms. The van der Waals surface area contributed by atoms with Crippen molar-refractivity contribution in [3.05, 3.63) is 64.7 Å². The van der Waals surface area contributed by atoms with Gasteiger partial charge in [0, 0.05) is 33.8 Å². The van der Waals surface area contributed by atoms with E-state index in [1.165, 1.54) is 23.5 Å². The van der Waals surface area contributed by atoms with Crippen molar-refractivity contribution in [1.82, 2.24) is 4.98 Å². The first kappa shape index (κ1) is 26.1. The Morgan fingerprint density at radius 3 is 2.43 bits per heavy atom. The van der Waals surface area contributed by atoms with Crippen molar-refractivity contribution in [2.24, 2.45) is 10.9 Å². The summed E-state index contributed by atoms with van der Waals surface area (Å²) in [6.07, 6.45) is 0. The lowest BCUT2D eigenvalue weighted by Crippen LogP contribution is -2.36. The molecule has 0 aliphatic carbocycles. The fourth-order valence-electron chi connectivity index (χ4n) is 4.50. The van der Waals surface area contributed by atoms with E-state index in [1.807, 2.05) is 29.6 Å². The number of benzene rings is 2. The molecular formula is C28H28N2O6S. The lowest BCUT2D eigenvalue weighted by molar-refractivity contribution is -0.146. The van der Waals surface area contributed by atoms with E-state index < -0.39 is 23.8 Å². The topological polar surface area (TPSA) is 118 Å². The first-order chi connectivity index (χ1) is 17.7. The molecule has 192 valence electrons. The smallest absolute Gasteiger partial charge is 0.336 e. The second-order valence-corrected chi connectivity index (χ2v) is 9.41. The number of aromatic hydroxyl groups is 2. The number of nitrogens with zero attached hydrogens (tertiary/aromatic N) is 2. The molecule has 1 aliphatic rings. The number of esters is 2. The Hall–Kier alpha value is -3.98. The van der Waals surface area contributed by atoms with E-state index in [0.29, 0.717) is 28.2 Å². The van der Waals surface area contributed by atoms with Gasteiger partial charge in [0.25, 0.3) is 0 Å². The molecule has 1 aromatic heterocycles. The third kappa shape index (κ3) is 5.27. The van der Waals surface area contributed by atoms with Crippen LogP contribution in [0.3, 0.4) is 0 Å². The summed E-state index contributed by atoms with van der Waals surface area (Å²) < 4.78 is 10.7. The summed E-state index contributed by atoms with van der Waals surface area (Å²) in [6.45, 7) is 7.39. The van der Waals surface area contributed by atoms with Crippen LogP contribution < -0.4 is 0 Å². The van der Waals surface area contributed by atoms with E-state index >= 15 is 0 Å². The molecule has 2 unspecified atom stereocenters. The third-order valence-corrected chi connectivity index (χ3v) is 7.02. The van der Waals surface area contributed by atoms with E-state index in [-0.39, 0.29) is 24.7 Å². The van der Waals surface area contributed by atoms with Crippen LogP contribution in [0.1, 0.15) is 39.2 Å². The summed E-state index contributed by atoms with van der Waals surface area (Å²) in [7, 11) is 0. The van der Waals surface area contributed by atoms with Crippen LogP contribution in [0.25, 0.3) is 21.8 Å². The van der Waals surface area contributed by atoms with Crippen molar-refractivity contribution in [3.8, 4) is 33.3 Å². The molecule has 0 radical (unpaired) electrons. The van der Waals surface area contributed by atoms with Crippen LogP contribution in [0.2, 0.25) is 0 Å². The molecular weight excluding hydrogens is 492 g/mol. The molecule has 2 aromatic carbocycles. The number of phenols is 2. The van der Waals surface area contributed by atoms with Crippen LogP contribution in [-0.4, -0.2) is 46.1 Å². The summed E-state index contributed by atoms with van der Waals surface area (Å²) in [4.78, 5) is 35.3. The van der Waals surface area contributed by atoms with Crippen molar-refractivity contribution in [3.63, 3.8) is 0 Å². The molecule has 4 rings (SSSR count). The van der Waals surface area contributed by atoms with E-state index in [4.69, 9.17) is 14.5 Å². The molecule has 0 amide bonds. The van der Waals surface area contributed by atoms with Crippen LogP contribution in [0, 0.1) is 5.92 Å². The van der Waals surface area contributed by atoms with Gasteiger partial charge < -0.3 is 19.7 Å². The van der Waals surface area contributed by atoms with Crippen LogP contribution in [-0.2, 0) is 19.1 Å². The maximum Gasteiger partial charge on any atom is 0.336 e. The zero-order valence-corrected chi connectivity index (χ0v) is 21.8. The maximum absolute atomic E-state index is 13.1. The quantitative estimate of drug-likeness (QED) is 0.314. The lowest BCUT2D eigenvalue weighted by atomic mass is 9.75. The fraction of sp³-hybridized carbons (Fsp3) is 0.286. The van der Waals surface area contributed by atoms with Gasteiger partial charge in [0.2, 0.25) is 0 Å². The zero-order chi connectivity index (χ0) is 26.7. The Morgan fingerprint density at radius 1 is 0.973 bits per heavy atom. The van der Waals surface area contributed by atoms with Crippen LogP contribution in [0.4, 0.5) is 0 Å². The highest BCUT2D eigenvalue weighted by atomic mass is 32.1. The Morgan fingerprint density at radius 2 is 1.73 bits per heavy atom. The van der Waals surface area contributed by atoms with Gasteiger partial charge >= 0.3 is 11.9 Å². The van der Waals surface area contributed by atoms with E-state index in [2.05, 4.69) is 4.99 Å². The molecule has 0 saturated heterocycles. The second kappa shape index (κ2) is 11.0. The molecule has 0 spiro atoms. The number of rotatable bonds is 7. The highest BCUT2D eigenvalue weighted by Crippen LogP contribution is 2.42. The molecule has 1 aliphatic heterocycles. The maximum atomic E-state index is 13.1. The predicted octanol–water partition coefficient (Wildman–Crippen LogP) is 5.46. The fourth-order valence-corrected chi connectivity index (χ4v) is 5.32. The lowest BCUT2D eigenvalue weighted by Gasteiger charge is -2.31. The number of hydrogen-bond donors (Lipinski definition) is 2. The van der Waals surface area contributed by atoms with E-state index in [9.17, 15) is 19.8 Å². The van der Waals surface area contributed by atoms with Gasteiger partial charge in [0.15, 0.2) is 11.5 Å². The number of aromatic nitrogens is 1. The molecule has 0 fully saturated rings. The Kier molecular flexibility index (Phi) is 7.73. The first-order valence-corrected chi connectivity index (χ1v) is 12.8. The summed E-state index contributed by atoms with van der Waals surface area (Å²) >= 11 is 1.42. The van der Waals surface area contributed by atoms with Gasteiger partial charge in [-0.25, -0.2) is 9.78 Å². The minimum absolute atomic E-state index is 0.198. The molecule has 8 nitrogen and oxygen atoms in total. The number of aliphatic imine (C=N–C) groups is 1. The molecule has 2 N–H and O–H groups in total. The Balaban J connectivity index is 1.78. The predicted molar refractivity (Wildman–Crippen MR) is 142 cm³/mol. The van der Waals surface area contributed by atoms with Crippen molar-refractivity contribution in [2.75, 3.05) is 13.2 Å². The zero-order valence-electron chi connectivity index (χ0n) is 21.0. The minimum atomic E-state index is -0.773. The third-order valence-electron chi connectivity index (χ3n) is 6.13. The highest BCUT2D eigenvalue weighted by molar-refractivity contribution is 7.13. The largest absolute Gasteiger partial charge is 0.504 e. The van der Waals surface area contributed by atoms with E-state index in [1.54, 1.807) is 33.8 Å². The molecule has 3 aromatic rings. The average Bonchev–Trinajstić information content (AvgIpc) is 3.36. The summed E-state index contributed by atoms with van der Waals surface area (Å²) in [5.41, 5.74) is 4.28. The number of carbonyl (C=O) groups is 2. The van der Waals surface area contributed by atoms with Crippen molar-refractivity contribution in [2.45, 2.75) is 33.6 Å². The van der Waals surface area contributed by atoms with Gasteiger partial charge in [-0.15, -0.1) is 11.3 Å². The number of allylic oxidation sites excluding steroid dienone is 1. The van der Waals surface area contributed by atoms with Gasteiger partial charge in [-0.3, -0.25) is 9.79 Å². The van der Waals surface area contributed by atoms with Crippen LogP contribution >= 0.6 is 11.3 Å². The highest BCUT2D eigenvalue weighted by Gasteiger charge is 2.42. The number of carbonyl (C=O) groups excluding carboxylic acids is 2. The number of hydrogen-bond acceptors (Lipinski definition) is 9. The molecule has 2 heterocycles. The van der Waals surface area contributed by atoms with Crippen molar-refractivity contribution in [1.29, 1.82) is 0 Å². The number of ether oxygens (including phenoxy) is 2. The monoisotopic (exact) mass is 520 g/mol. The Bertz CT molecular complexity index is 1410. The summed E-state index contributed by atoms with van der Waals surface area (Å²) in [5.74, 6) is -2.78. The standard InChI is InChI=1S/C28H28N2O6S/c1-5-35-27(33)23-15(3)29-16(4)24(28(34)36-6-2)25(23)18-8-7-9-19(12-18)26-30-20(14-37-26)17-10-11-21(31)22(32)13-17/h7-14,23,25,31-32H,5-6H2,1-4H3. The summed E-state index contributed by atoms with van der Waals surface area (Å²) in [5, 5.41) is 22.0. The van der Waals surface area contributed by atoms with Gasteiger partial charge in [-0.2, -0.15) is 0 Å². The molecule has 0 saturated carbocycles. The van der Waals surface area contributed by atoms with Gasteiger partial charge in [0.1, 0.15) is 10.9 Å². The molecule has 0 bridgehead atoms. The van der Waals surface area contributed by atoms with Crippen molar-refractivity contribution >= 4 is 29.0 Å². The minimum Gasteiger partial charge on any atom is -0.504 e. The number of thiazole rings is 1. The average molecular weight is 521 g/mol.